The lowest BCUT2D eigenvalue weighted by atomic mass is 9.65. The molecule has 0 spiro atoms. The number of nitrogens with zero attached hydrogens (tertiary/aromatic N) is 1. The van der Waals surface area contributed by atoms with Gasteiger partial charge < -0.3 is 29.9 Å². The van der Waals surface area contributed by atoms with Crippen molar-refractivity contribution >= 4 is 11.8 Å². The summed E-state index contributed by atoms with van der Waals surface area (Å²) in [5, 5.41) is 24.1. The number of carbonyl (C=O) groups is 2. The molecule has 3 aliphatic rings. The number of carbonyl (C=O) groups excluding carboxylic acids is 2. The Morgan fingerprint density at radius 2 is 1.79 bits per heavy atom. The van der Waals surface area contributed by atoms with E-state index in [2.05, 4.69) is 5.32 Å². The highest BCUT2D eigenvalue weighted by molar-refractivity contribution is 5.95. The summed E-state index contributed by atoms with van der Waals surface area (Å²) in [6.45, 7) is 6.36. The van der Waals surface area contributed by atoms with Crippen molar-refractivity contribution in [2.75, 3.05) is 19.9 Å². The zero-order valence-corrected chi connectivity index (χ0v) is 16.9. The Labute approximate surface area is 169 Å². The van der Waals surface area contributed by atoms with Crippen LogP contribution in [0.1, 0.15) is 31.1 Å². The van der Waals surface area contributed by atoms with Gasteiger partial charge in [0.2, 0.25) is 12.7 Å². The summed E-state index contributed by atoms with van der Waals surface area (Å²) in [7, 11) is 0. The van der Waals surface area contributed by atoms with Crippen molar-refractivity contribution in [2.24, 2.45) is 23.7 Å². The number of rotatable bonds is 3. The van der Waals surface area contributed by atoms with Gasteiger partial charge in [-0.15, -0.1) is 0 Å². The molecule has 1 saturated heterocycles. The lowest BCUT2D eigenvalue weighted by molar-refractivity contribution is -0.146. The molecule has 2 aliphatic heterocycles. The fourth-order valence-electron chi connectivity index (χ4n) is 4.95. The van der Waals surface area contributed by atoms with E-state index >= 15 is 0 Å². The van der Waals surface area contributed by atoms with E-state index in [0.29, 0.717) is 30.2 Å². The molecule has 1 aromatic rings. The highest BCUT2D eigenvalue weighted by atomic mass is 16.7. The summed E-state index contributed by atoms with van der Waals surface area (Å²) < 4.78 is 10.7. The Kier molecular flexibility index (Phi) is 5.16. The van der Waals surface area contributed by atoms with Crippen molar-refractivity contribution in [3.8, 4) is 11.5 Å². The number of aliphatic hydroxyl groups excluding tert-OH is 2. The number of benzene rings is 1. The summed E-state index contributed by atoms with van der Waals surface area (Å²) in [5.41, 5.74) is 0.471. The Morgan fingerprint density at radius 1 is 1.10 bits per heavy atom. The second-order valence-corrected chi connectivity index (χ2v) is 8.64. The maximum atomic E-state index is 13.1. The SMILES string of the molecule is CC(C)NC(=O)[C@H]1[C@@H](C)[C@H](O)[C@@H](O)[C@H]2CN(C(=O)c3ccc4c(c3)OCO4)C[C@@H]21. The van der Waals surface area contributed by atoms with E-state index in [9.17, 15) is 19.8 Å². The number of ether oxygens (including phenoxy) is 2. The third-order valence-electron chi connectivity index (χ3n) is 6.41. The van der Waals surface area contributed by atoms with Gasteiger partial charge in [-0.25, -0.2) is 0 Å². The lowest BCUT2D eigenvalue weighted by Gasteiger charge is -2.43. The van der Waals surface area contributed by atoms with Crippen LogP contribution in [0.2, 0.25) is 0 Å². The normalized spacial score (nSPS) is 33.0. The molecule has 2 heterocycles. The predicted molar refractivity (Wildman–Crippen MR) is 103 cm³/mol. The van der Waals surface area contributed by atoms with Gasteiger partial charge in [0.05, 0.1) is 12.2 Å². The van der Waals surface area contributed by atoms with E-state index in [1.807, 2.05) is 13.8 Å². The minimum atomic E-state index is -1.00. The minimum Gasteiger partial charge on any atom is -0.454 e. The molecule has 3 N–H and O–H groups in total. The summed E-state index contributed by atoms with van der Waals surface area (Å²) in [6, 6.07) is 5.03. The first kappa shape index (κ1) is 20.0. The van der Waals surface area contributed by atoms with Gasteiger partial charge in [0.25, 0.3) is 5.91 Å². The van der Waals surface area contributed by atoms with E-state index < -0.39 is 24.0 Å². The largest absolute Gasteiger partial charge is 0.454 e. The molecule has 2 amide bonds. The third kappa shape index (κ3) is 3.44. The van der Waals surface area contributed by atoms with Crippen molar-refractivity contribution in [2.45, 2.75) is 39.0 Å². The maximum Gasteiger partial charge on any atom is 0.254 e. The van der Waals surface area contributed by atoms with Crippen LogP contribution in [0.15, 0.2) is 18.2 Å². The average Bonchev–Trinajstić information content (AvgIpc) is 3.31. The summed E-state index contributed by atoms with van der Waals surface area (Å²) in [4.78, 5) is 27.6. The van der Waals surface area contributed by atoms with Crippen LogP contribution in [0.25, 0.3) is 0 Å². The van der Waals surface area contributed by atoms with Crippen LogP contribution in [0.5, 0.6) is 11.5 Å². The topological polar surface area (TPSA) is 108 Å². The number of fused-ring (bicyclic) bond motifs is 2. The van der Waals surface area contributed by atoms with Gasteiger partial charge in [0, 0.05) is 36.5 Å². The fourth-order valence-corrected chi connectivity index (χ4v) is 4.95. The van der Waals surface area contributed by atoms with Crippen LogP contribution >= 0.6 is 0 Å². The molecule has 29 heavy (non-hydrogen) atoms. The molecular formula is C21H28N2O6. The molecular weight excluding hydrogens is 376 g/mol. The van der Waals surface area contributed by atoms with Gasteiger partial charge in [0.1, 0.15) is 0 Å². The van der Waals surface area contributed by atoms with E-state index in [1.54, 1.807) is 30.0 Å². The molecule has 8 heteroatoms. The molecule has 1 aromatic carbocycles. The monoisotopic (exact) mass is 404 g/mol. The quantitative estimate of drug-likeness (QED) is 0.682. The predicted octanol–water partition coefficient (Wildman–Crippen LogP) is 0.616. The van der Waals surface area contributed by atoms with Crippen LogP contribution < -0.4 is 14.8 Å². The van der Waals surface area contributed by atoms with Crippen molar-refractivity contribution < 1.29 is 29.3 Å². The second kappa shape index (κ2) is 7.50. The van der Waals surface area contributed by atoms with Gasteiger partial charge in [-0.2, -0.15) is 0 Å². The van der Waals surface area contributed by atoms with E-state index in [1.165, 1.54) is 0 Å². The van der Waals surface area contributed by atoms with Crippen LogP contribution in [0, 0.1) is 23.7 Å². The molecule has 158 valence electrons. The molecule has 1 aliphatic carbocycles. The third-order valence-corrected chi connectivity index (χ3v) is 6.41. The van der Waals surface area contributed by atoms with E-state index in [0.717, 1.165) is 0 Å². The van der Waals surface area contributed by atoms with Crippen LogP contribution in [-0.2, 0) is 4.79 Å². The molecule has 0 unspecified atom stereocenters. The molecule has 4 rings (SSSR count). The summed E-state index contributed by atoms with van der Waals surface area (Å²) in [5.74, 6) is -0.593. The number of amides is 2. The molecule has 8 nitrogen and oxygen atoms in total. The summed E-state index contributed by atoms with van der Waals surface area (Å²) >= 11 is 0. The Hall–Kier alpha value is -2.32. The molecule has 0 bridgehead atoms. The van der Waals surface area contributed by atoms with E-state index in [-0.39, 0.29) is 36.5 Å². The van der Waals surface area contributed by atoms with Crippen molar-refractivity contribution in [1.82, 2.24) is 10.2 Å². The second-order valence-electron chi connectivity index (χ2n) is 8.64. The smallest absolute Gasteiger partial charge is 0.254 e. The van der Waals surface area contributed by atoms with Gasteiger partial charge in [-0.3, -0.25) is 9.59 Å². The first-order valence-electron chi connectivity index (χ1n) is 10.1. The average molecular weight is 404 g/mol. The Morgan fingerprint density at radius 3 is 2.52 bits per heavy atom. The molecule has 6 atom stereocenters. The molecule has 0 aromatic heterocycles. The fraction of sp³-hybridized carbons (Fsp3) is 0.619. The zero-order valence-electron chi connectivity index (χ0n) is 16.9. The van der Waals surface area contributed by atoms with Crippen molar-refractivity contribution in [3.63, 3.8) is 0 Å². The highest BCUT2D eigenvalue weighted by Crippen LogP contribution is 2.44. The van der Waals surface area contributed by atoms with Crippen molar-refractivity contribution in [1.29, 1.82) is 0 Å². The standard InChI is InChI=1S/C21H28N2O6/c1-10(2)22-20(26)17-11(3)18(24)19(25)14-8-23(7-13(14)17)21(27)12-4-5-15-16(6-12)29-9-28-15/h4-6,10-11,13-14,17-19,24-25H,7-9H2,1-3H3,(H,22,26)/t11-,13+,14+,17+,18+,19+/m1/s1. The number of likely N-dealkylation sites (tertiary alicyclic amines) is 1. The Bertz CT molecular complexity index is 812. The van der Waals surface area contributed by atoms with Crippen LogP contribution in [0.4, 0.5) is 0 Å². The zero-order chi connectivity index (χ0) is 20.9. The van der Waals surface area contributed by atoms with Gasteiger partial charge in [-0.1, -0.05) is 6.92 Å². The summed E-state index contributed by atoms with van der Waals surface area (Å²) in [6.07, 6.45) is -1.97. The Balaban J connectivity index is 1.57. The number of hydrogen-bond donors (Lipinski definition) is 3. The van der Waals surface area contributed by atoms with Gasteiger partial charge in [-0.05, 0) is 43.9 Å². The van der Waals surface area contributed by atoms with E-state index in [4.69, 9.17) is 9.47 Å². The minimum absolute atomic E-state index is 0.0232. The number of hydrogen-bond acceptors (Lipinski definition) is 6. The maximum absolute atomic E-state index is 13.1. The van der Waals surface area contributed by atoms with Crippen LogP contribution in [0.3, 0.4) is 0 Å². The number of aliphatic hydroxyl groups is 2. The van der Waals surface area contributed by atoms with Crippen LogP contribution in [-0.4, -0.2) is 65.1 Å². The molecule has 2 fully saturated rings. The molecule has 1 saturated carbocycles. The first-order chi connectivity index (χ1) is 13.8. The van der Waals surface area contributed by atoms with Gasteiger partial charge in [0.15, 0.2) is 11.5 Å². The first-order valence-corrected chi connectivity index (χ1v) is 10.1. The van der Waals surface area contributed by atoms with Crippen molar-refractivity contribution in [3.05, 3.63) is 23.8 Å². The highest BCUT2D eigenvalue weighted by Gasteiger charge is 2.54. The lowest BCUT2D eigenvalue weighted by Crippen LogP contribution is -2.56. The van der Waals surface area contributed by atoms with Gasteiger partial charge >= 0.3 is 0 Å². The number of nitrogens with one attached hydrogen (secondary N) is 1. The molecule has 0 radical (unpaired) electrons.